The van der Waals surface area contributed by atoms with E-state index >= 15 is 0 Å². The standard InChI is InChI=1S/C21H23BrN2O2S/c1-24(2)20(26)27-18-11-9-17(10-12-18)23-19(25)21(13-3-4-14-21)15-5-7-16(22)8-6-15/h5-12H,3-4,13-14H2,1-2H3,(H,23,25). The Morgan fingerprint density at radius 3 is 2.15 bits per heavy atom. The molecule has 2 aromatic carbocycles. The molecule has 142 valence electrons. The molecule has 0 unspecified atom stereocenters. The molecule has 0 bridgehead atoms. The normalized spacial score (nSPS) is 15.4. The SMILES string of the molecule is CN(C)C(=O)Sc1ccc(NC(=O)C2(c3ccc(Br)cc3)CCCC2)cc1. The fourth-order valence-corrected chi connectivity index (χ4v) is 4.36. The summed E-state index contributed by atoms with van der Waals surface area (Å²) in [5.74, 6) is 0.0482. The van der Waals surface area contributed by atoms with E-state index < -0.39 is 5.41 Å². The summed E-state index contributed by atoms with van der Waals surface area (Å²) in [6, 6.07) is 15.5. The number of halogens is 1. The summed E-state index contributed by atoms with van der Waals surface area (Å²) in [4.78, 5) is 27.4. The Morgan fingerprint density at radius 1 is 1.00 bits per heavy atom. The molecule has 1 aliphatic rings. The van der Waals surface area contributed by atoms with Crippen molar-refractivity contribution in [3.05, 3.63) is 58.6 Å². The van der Waals surface area contributed by atoms with Crippen LogP contribution in [-0.2, 0) is 10.2 Å². The van der Waals surface area contributed by atoms with Crippen molar-refractivity contribution in [2.45, 2.75) is 36.0 Å². The molecule has 0 atom stereocenters. The quantitative estimate of drug-likeness (QED) is 0.614. The van der Waals surface area contributed by atoms with E-state index in [-0.39, 0.29) is 11.1 Å². The fourth-order valence-electron chi connectivity index (χ4n) is 3.44. The molecule has 2 aromatic rings. The number of rotatable bonds is 4. The maximum absolute atomic E-state index is 13.2. The zero-order valence-electron chi connectivity index (χ0n) is 15.5. The van der Waals surface area contributed by atoms with Crippen LogP contribution < -0.4 is 5.32 Å². The van der Waals surface area contributed by atoms with Gasteiger partial charge in [0.15, 0.2) is 0 Å². The maximum Gasteiger partial charge on any atom is 0.285 e. The predicted octanol–water partition coefficient (Wildman–Crippen LogP) is 5.67. The van der Waals surface area contributed by atoms with Crippen molar-refractivity contribution in [2.75, 3.05) is 19.4 Å². The van der Waals surface area contributed by atoms with Gasteiger partial charge in [-0.25, -0.2) is 0 Å². The monoisotopic (exact) mass is 446 g/mol. The van der Waals surface area contributed by atoms with Gasteiger partial charge in [-0.3, -0.25) is 9.59 Å². The van der Waals surface area contributed by atoms with Crippen LogP contribution in [0.1, 0.15) is 31.2 Å². The van der Waals surface area contributed by atoms with E-state index in [0.29, 0.717) is 0 Å². The molecule has 1 fully saturated rings. The lowest BCUT2D eigenvalue weighted by Crippen LogP contribution is -2.37. The smallest absolute Gasteiger partial charge is 0.285 e. The number of hydrogen-bond acceptors (Lipinski definition) is 3. The van der Waals surface area contributed by atoms with Gasteiger partial charge in [0.05, 0.1) is 5.41 Å². The number of carbonyl (C=O) groups excluding carboxylic acids is 2. The van der Waals surface area contributed by atoms with Crippen LogP contribution in [0.15, 0.2) is 57.9 Å². The number of amides is 2. The van der Waals surface area contributed by atoms with Crippen LogP contribution in [0, 0.1) is 0 Å². The first-order chi connectivity index (χ1) is 12.9. The number of nitrogens with one attached hydrogen (secondary N) is 1. The fraction of sp³-hybridized carbons (Fsp3) is 0.333. The molecule has 3 rings (SSSR count). The molecule has 0 radical (unpaired) electrons. The van der Waals surface area contributed by atoms with Gasteiger partial charge >= 0.3 is 0 Å². The second kappa shape index (κ2) is 8.48. The minimum atomic E-state index is -0.463. The van der Waals surface area contributed by atoms with Crippen LogP contribution >= 0.6 is 27.7 Å². The van der Waals surface area contributed by atoms with Gasteiger partial charge in [0.1, 0.15) is 0 Å². The van der Waals surface area contributed by atoms with Crippen molar-refractivity contribution in [3.8, 4) is 0 Å². The lowest BCUT2D eigenvalue weighted by atomic mass is 9.78. The highest BCUT2D eigenvalue weighted by Gasteiger charge is 2.42. The lowest BCUT2D eigenvalue weighted by molar-refractivity contribution is -0.121. The molecule has 1 saturated carbocycles. The molecular weight excluding hydrogens is 424 g/mol. The number of nitrogens with zero attached hydrogens (tertiary/aromatic N) is 1. The van der Waals surface area contributed by atoms with Gasteiger partial charge in [0.25, 0.3) is 5.24 Å². The van der Waals surface area contributed by atoms with Gasteiger partial charge in [0.2, 0.25) is 5.91 Å². The van der Waals surface area contributed by atoms with Crippen molar-refractivity contribution in [2.24, 2.45) is 0 Å². The van der Waals surface area contributed by atoms with Crippen LogP contribution in [0.25, 0.3) is 0 Å². The molecule has 0 aliphatic heterocycles. The van der Waals surface area contributed by atoms with Crippen LogP contribution in [0.5, 0.6) is 0 Å². The van der Waals surface area contributed by atoms with Crippen molar-refractivity contribution >= 4 is 44.5 Å². The molecule has 6 heteroatoms. The molecule has 0 spiro atoms. The molecule has 0 heterocycles. The van der Waals surface area contributed by atoms with E-state index in [4.69, 9.17) is 0 Å². The largest absolute Gasteiger partial charge is 0.339 e. The zero-order valence-corrected chi connectivity index (χ0v) is 17.9. The Bertz CT molecular complexity index is 813. The van der Waals surface area contributed by atoms with Crippen molar-refractivity contribution in [1.29, 1.82) is 0 Å². The van der Waals surface area contributed by atoms with E-state index in [2.05, 4.69) is 21.2 Å². The Balaban J connectivity index is 1.75. The topological polar surface area (TPSA) is 49.4 Å². The van der Waals surface area contributed by atoms with Gasteiger partial charge in [-0.15, -0.1) is 0 Å². The lowest BCUT2D eigenvalue weighted by Gasteiger charge is -2.28. The molecule has 1 aliphatic carbocycles. The second-order valence-corrected chi connectivity index (χ2v) is 8.98. The highest BCUT2D eigenvalue weighted by Crippen LogP contribution is 2.42. The summed E-state index contributed by atoms with van der Waals surface area (Å²) in [5.41, 5.74) is 1.36. The van der Waals surface area contributed by atoms with Crippen LogP contribution in [0.2, 0.25) is 0 Å². The van der Waals surface area contributed by atoms with E-state index in [1.165, 1.54) is 11.8 Å². The average molecular weight is 447 g/mol. The molecular formula is C21H23BrN2O2S. The number of anilines is 1. The minimum absolute atomic E-state index is 0.0214. The van der Waals surface area contributed by atoms with Crippen molar-refractivity contribution in [1.82, 2.24) is 4.90 Å². The summed E-state index contributed by atoms with van der Waals surface area (Å²) < 4.78 is 1.01. The summed E-state index contributed by atoms with van der Waals surface area (Å²) in [6.45, 7) is 0. The van der Waals surface area contributed by atoms with E-state index in [9.17, 15) is 9.59 Å². The third kappa shape index (κ3) is 4.55. The number of thioether (sulfide) groups is 1. The van der Waals surface area contributed by atoms with Gasteiger partial charge < -0.3 is 10.2 Å². The number of carbonyl (C=O) groups is 2. The van der Waals surface area contributed by atoms with Gasteiger partial charge in [-0.2, -0.15) is 0 Å². The Hall–Kier alpha value is -1.79. The van der Waals surface area contributed by atoms with Crippen molar-refractivity contribution in [3.63, 3.8) is 0 Å². The van der Waals surface area contributed by atoms with Gasteiger partial charge in [-0.05, 0) is 66.6 Å². The first-order valence-electron chi connectivity index (χ1n) is 8.97. The predicted molar refractivity (Wildman–Crippen MR) is 114 cm³/mol. The highest BCUT2D eigenvalue weighted by atomic mass is 79.9. The zero-order chi connectivity index (χ0) is 19.4. The van der Waals surface area contributed by atoms with Crippen LogP contribution in [0.3, 0.4) is 0 Å². The molecule has 1 N–H and O–H groups in total. The highest BCUT2D eigenvalue weighted by molar-refractivity contribution is 9.10. The van der Waals surface area contributed by atoms with Gasteiger partial charge in [0, 0.05) is 29.2 Å². The summed E-state index contributed by atoms with van der Waals surface area (Å²) in [7, 11) is 3.46. The minimum Gasteiger partial charge on any atom is -0.339 e. The molecule has 2 amide bonds. The van der Waals surface area contributed by atoms with E-state index in [0.717, 1.165) is 46.3 Å². The van der Waals surface area contributed by atoms with Crippen LogP contribution in [0.4, 0.5) is 10.5 Å². The summed E-state index contributed by atoms with van der Waals surface area (Å²) in [6.07, 6.45) is 3.86. The number of hydrogen-bond donors (Lipinski definition) is 1. The summed E-state index contributed by atoms with van der Waals surface area (Å²) in [5, 5.41) is 3.06. The average Bonchev–Trinajstić information content (AvgIpc) is 3.15. The van der Waals surface area contributed by atoms with E-state index in [1.807, 2.05) is 48.5 Å². The number of benzene rings is 2. The van der Waals surface area contributed by atoms with Crippen LogP contribution in [-0.4, -0.2) is 30.1 Å². The summed E-state index contributed by atoms with van der Waals surface area (Å²) >= 11 is 4.64. The molecule has 27 heavy (non-hydrogen) atoms. The Morgan fingerprint density at radius 2 is 1.59 bits per heavy atom. The molecule has 4 nitrogen and oxygen atoms in total. The molecule has 0 aromatic heterocycles. The Kier molecular flexibility index (Phi) is 6.27. The van der Waals surface area contributed by atoms with Gasteiger partial charge in [-0.1, -0.05) is 40.9 Å². The molecule has 0 saturated heterocycles. The first kappa shape index (κ1) is 20.0. The third-order valence-electron chi connectivity index (χ3n) is 4.97. The van der Waals surface area contributed by atoms with Crippen molar-refractivity contribution < 1.29 is 9.59 Å². The second-order valence-electron chi connectivity index (χ2n) is 7.04. The first-order valence-corrected chi connectivity index (χ1v) is 10.6. The maximum atomic E-state index is 13.2. The van der Waals surface area contributed by atoms with E-state index in [1.54, 1.807) is 19.0 Å². The Labute approximate surface area is 172 Å². The third-order valence-corrected chi connectivity index (χ3v) is 6.55.